The molecule has 0 heterocycles. The molecule has 0 aromatic heterocycles. The van der Waals surface area contributed by atoms with Gasteiger partial charge in [0, 0.05) is 0 Å². The van der Waals surface area contributed by atoms with Crippen molar-refractivity contribution in [3.05, 3.63) is 0 Å². The molecule has 0 spiro atoms. The van der Waals surface area contributed by atoms with Crippen molar-refractivity contribution in [1.82, 2.24) is 0 Å². The van der Waals surface area contributed by atoms with Crippen molar-refractivity contribution >= 4 is 49.7 Å². The third-order valence-electron chi connectivity index (χ3n) is 1.82. The van der Waals surface area contributed by atoms with Crippen molar-refractivity contribution in [2.75, 3.05) is 0 Å². The molecular weight excluding hydrogens is 212 g/mol. The molecule has 1 N–H and O–H groups in total. The number of carbonyl (C=O) groups excluding carboxylic acids is 1. The summed E-state index contributed by atoms with van der Waals surface area (Å²) in [5.41, 5.74) is -0.159. The maximum Gasteiger partial charge on any atom is 2.00 e. The van der Waals surface area contributed by atoms with E-state index in [1.54, 1.807) is 6.92 Å². The summed E-state index contributed by atoms with van der Waals surface area (Å²) in [5.74, 6) is -1.85. The van der Waals surface area contributed by atoms with Crippen LogP contribution in [-0.2, 0) is 14.3 Å². The third-order valence-corrected chi connectivity index (χ3v) is 1.82. The molecule has 0 bridgehead atoms. The summed E-state index contributed by atoms with van der Waals surface area (Å²) < 4.78 is 4.91. The second-order valence-electron chi connectivity index (χ2n) is 4.07. The van der Waals surface area contributed by atoms with Crippen LogP contribution in [0.4, 0.5) is 0 Å². The monoisotopic (exact) mass is 230 g/mol. The number of rotatable bonds is 3. The van der Waals surface area contributed by atoms with Gasteiger partial charge in [0.15, 0.2) is 0 Å². The van der Waals surface area contributed by atoms with Gasteiger partial charge in [0.25, 0.3) is 0 Å². The van der Waals surface area contributed by atoms with E-state index in [-0.39, 0.29) is 52.1 Å². The van der Waals surface area contributed by atoms with Gasteiger partial charge in [0.05, 0.1) is 0 Å². The quantitative estimate of drug-likeness (QED) is 0.451. The summed E-state index contributed by atoms with van der Waals surface area (Å²) in [7, 11) is 0. The van der Waals surface area contributed by atoms with Gasteiger partial charge in [-0.15, -0.1) is 0 Å². The molecule has 0 aliphatic carbocycles. The first kappa shape index (κ1) is 16.6. The van der Waals surface area contributed by atoms with Gasteiger partial charge in [-0.3, -0.25) is 9.59 Å². The molecule has 0 aromatic rings. The zero-order valence-corrected chi connectivity index (χ0v) is 11.4. The predicted octanol–water partition coefficient (Wildman–Crippen LogP) is 1.28. The van der Waals surface area contributed by atoms with Gasteiger partial charge in [-0.2, -0.15) is 0 Å². The maximum absolute atomic E-state index is 10.9. The zero-order chi connectivity index (χ0) is 10.6. The largest absolute Gasteiger partial charge is 2.00 e. The molecule has 80 valence electrons. The molecule has 0 aromatic carbocycles. The fourth-order valence-corrected chi connectivity index (χ4v) is 0.539. The Hall–Kier alpha value is 0.200. The van der Waals surface area contributed by atoms with E-state index in [1.165, 1.54) is 0 Å². The summed E-state index contributed by atoms with van der Waals surface area (Å²) in [6, 6.07) is 0. The van der Waals surface area contributed by atoms with Crippen LogP contribution in [0.2, 0.25) is 0 Å². The summed E-state index contributed by atoms with van der Waals surface area (Å²) in [4.78, 5) is 21.0. The number of hydrogen-bond donors (Lipinski definition) is 1. The van der Waals surface area contributed by atoms with Crippen LogP contribution in [-0.4, -0.2) is 60.9 Å². The van der Waals surface area contributed by atoms with E-state index >= 15 is 0 Å². The van der Waals surface area contributed by atoms with Gasteiger partial charge in [0.1, 0.15) is 12.5 Å². The number of esters is 1. The van der Waals surface area contributed by atoms with E-state index in [0.29, 0.717) is 0 Å². The van der Waals surface area contributed by atoms with E-state index in [9.17, 15) is 9.59 Å². The predicted molar refractivity (Wildman–Crippen MR) is 55.2 cm³/mol. The molecule has 0 rings (SSSR count). The normalized spacial score (nSPS) is 12.6. The van der Waals surface area contributed by atoms with Crippen LogP contribution in [0.25, 0.3) is 0 Å². The van der Waals surface area contributed by atoms with Gasteiger partial charge in [-0.1, -0.05) is 20.8 Å². The molecule has 4 nitrogen and oxygen atoms in total. The first-order chi connectivity index (χ1) is 5.73. The van der Waals surface area contributed by atoms with E-state index < -0.39 is 18.4 Å². The Morgan fingerprint density at radius 1 is 1.43 bits per heavy atom. The Bertz CT molecular complexity index is 216. The van der Waals surface area contributed by atoms with E-state index in [0.717, 1.165) is 0 Å². The smallest absolute Gasteiger partial charge is 1.00 e. The van der Waals surface area contributed by atoms with Crippen LogP contribution in [0.5, 0.6) is 0 Å². The van der Waals surface area contributed by atoms with E-state index in [1.807, 2.05) is 20.8 Å². The van der Waals surface area contributed by atoms with Crippen molar-refractivity contribution in [3.8, 4) is 0 Å². The fraction of sp³-hybridized carbons (Fsp3) is 0.778. The summed E-state index contributed by atoms with van der Waals surface area (Å²) in [5, 5.41) is 8.30. The molecule has 0 saturated carbocycles. The standard InChI is InChI=1S/C9H16O4.Ca.2H/c1-6(9(2,3)4)13-8(12)5-7(10)11;;;/h6H,5H2,1-4H3,(H,10,11);;;/q;+2;2*-1. The van der Waals surface area contributed by atoms with Crippen molar-refractivity contribution < 1.29 is 22.3 Å². The zero-order valence-electron chi connectivity index (χ0n) is 11.2. The summed E-state index contributed by atoms with van der Waals surface area (Å²) in [6.07, 6.45) is -0.847. The van der Waals surface area contributed by atoms with Crippen molar-refractivity contribution in [2.24, 2.45) is 5.41 Å². The Morgan fingerprint density at radius 3 is 2.14 bits per heavy atom. The molecule has 0 aliphatic rings. The SMILES string of the molecule is CC(OC(=O)CC(=O)O)C(C)(C)C.[Ca+2].[H-].[H-]. The van der Waals surface area contributed by atoms with Crippen LogP contribution in [0.3, 0.4) is 0 Å². The second kappa shape index (κ2) is 6.64. The maximum atomic E-state index is 10.9. The summed E-state index contributed by atoms with van der Waals surface area (Å²) in [6.45, 7) is 7.52. The minimum Gasteiger partial charge on any atom is -1.00 e. The molecule has 0 aliphatic heterocycles. The molecule has 0 fully saturated rings. The van der Waals surface area contributed by atoms with Gasteiger partial charge in [0.2, 0.25) is 0 Å². The number of carboxylic acid groups (broad SMARTS) is 1. The van der Waals surface area contributed by atoms with Crippen molar-refractivity contribution in [3.63, 3.8) is 0 Å². The first-order valence-corrected chi connectivity index (χ1v) is 4.14. The fourth-order valence-electron chi connectivity index (χ4n) is 0.539. The Kier molecular flexibility index (Phi) is 7.89. The number of hydrogen-bond acceptors (Lipinski definition) is 3. The Labute approximate surface area is 117 Å². The van der Waals surface area contributed by atoms with E-state index in [2.05, 4.69) is 0 Å². The Balaban J connectivity index is -0.000000240. The Morgan fingerprint density at radius 2 is 1.86 bits per heavy atom. The van der Waals surface area contributed by atoms with Crippen LogP contribution in [0.15, 0.2) is 0 Å². The summed E-state index contributed by atoms with van der Waals surface area (Å²) >= 11 is 0. The molecule has 1 atom stereocenters. The minimum absolute atomic E-state index is 0. The molecule has 14 heavy (non-hydrogen) atoms. The van der Waals surface area contributed by atoms with Gasteiger partial charge in [-0.05, 0) is 12.3 Å². The minimum atomic E-state index is -1.16. The topological polar surface area (TPSA) is 63.6 Å². The molecule has 0 amide bonds. The molecule has 0 saturated heterocycles. The number of carbonyl (C=O) groups is 2. The van der Waals surface area contributed by atoms with Crippen molar-refractivity contribution in [2.45, 2.75) is 40.2 Å². The average molecular weight is 230 g/mol. The third kappa shape index (κ3) is 7.59. The van der Waals surface area contributed by atoms with Gasteiger partial charge in [-0.25, -0.2) is 0 Å². The van der Waals surface area contributed by atoms with Crippen LogP contribution >= 0.6 is 0 Å². The van der Waals surface area contributed by atoms with E-state index in [4.69, 9.17) is 9.84 Å². The van der Waals surface area contributed by atoms with Crippen molar-refractivity contribution in [1.29, 1.82) is 0 Å². The first-order valence-electron chi connectivity index (χ1n) is 4.14. The molecule has 1 unspecified atom stereocenters. The average Bonchev–Trinajstić information content (AvgIpc) is 1.82. The van der Waals surface area contributed by atoms with Gasteiger partial charge < -0.3 is 12.7 Å². The molecule has 5 heteroatoms. The van der Waals surface area contributed by atoms with Crippen LogP contribution in [0.1, 0.15) is 37.0 Å². The number of aliphatic carboxylic acids is 1. The number of ether oxygens (including phenoxy) is 1. The second-order valence-corrected chi connectivity index (χ2v) is 4.07. The van der Waals surface area contributed by atoms with Crippen LogP contribution < -0.4 is 0 Å². The number of carboxylic acids is 1. The molecule has 0 radical (unpaired) electrons. The molecular formula is C9H18CaO4. The van der Waals surface area contributed by atoms with Gasteiger partial charge >= 0.3 is 49.7 Å². The van der Waals surface area contributed by atoms with Crippen LogP contribution in [0, 0.1) is 5.41 Å².